The monoisotopic (exact) mass is 338 g/mol. The number of hydrogen-bond donors (Lipinski definition) is 2. The zero-order valence-electron chi connectivity index (χ0n) is 13.0. The molecule has 122 valence electrons. The molecule has 0 saturated carbocycles. The molecule has 0 radical (unpaired) electrons. The van der Waals surface area contributed by atoms with Crippen molar-refractivity contribution in [2.45, 2.75) is 13.3 Å². The van der Waals surface area contributed by atoms with Gasteiger partial charge in [0.25, 0.3) is 0 Å². The zero-order chi connectivity index (χ0) is 17.0. The molecule has 0 aliphatic heterocycles. The Labute approximate surface area is 162 Å². The van der Waals surface area contributed by atoms with Crippen molar-refractivity contribution >= 4 is 47.2 Å². The second kappa shape index (κ2) is 8.82. The normalized spacial score (nSPS) is 9.92. The fraction of sp³-hybridized carbons (Fsp3) is 0.235. The van der Waals surface area contributed by atoms with Crippen LogP contribution in [0.1, 0.15) is 27.3 Å². The predicted octanol–water partition coefficient (Wildman–Crippen LogP) is 0.659. The number of benzene rings is 1. The summed E-state index contributed by atoms with van der Waals surface area (Å²) in [5, 5.41) is 10.8. The average Bonchev–Trinajstić information content (AvgIpc) is 2.86. The summed E-state index contributed by atoms with van der Waals surface area (Å²) in [6.45, 7) is 1.53. The molecule has 1 aromatic carbocycles. The molecule has 2 N–H and O–H groups in total. The van der Waals surface area contributed by atoms with Gasteiger partial charge in [-0.05, 0) is 19.1 Å². The van der Waals surface area contributed by atoms with E-state index in [0.29, 0.717) is 17.0 Å². The van der Waals surface area contributed by atoms with Gasteiger partial charge in [-0.1, -0.05) is 29.8 Å². The van der Waals surface area contributed by atoms with Gasteiger partial charge in [0.05, 0.1) is 12.1 Å². The molecule has 0 atom stereocenters. The number of aryl methyl sites for hydroxylation is 1. The van der Waals surface area contributed by atoms with Crippen LogP contribution >= 0.6 is 0 Å². The molecule has 0 saturated heterocycles. The van der Waals surface area contributed by atoms with Crippen molar-refractivity contribution in [2.24, 2.45) is 7.05 Å². The van der Waals surface area contributed by atoms with Gasteiger partial charge in [-0.25, -0.2) is 0 Å². The van der Waals surface area contributed by atoms with E-state index in [1.54, 1.807) is 35.9 Å². The first-order valence-electron chi connectivity index (χ1n) is 7.13. The van der Waals surface area contributed by atoms with Crippen LogP contribution in [-0.2, 0) is 23.1 Å². The van der Waals surface area contributed by atoms with Crippen LogP contribution in [-0.4, -0.2) is 63.4 Å². The number of amides is 1. The second-order valence-electron chi connectivity index (χ2n) is 5.31. The van der Waals surface area contributed by atoms with Crippen LogP contribution in [0.4, 0.5) is 0 Å². The number of rotatable bonds is 6. The summed E-state index contributed by atoms with van der Waals surface area (Å²) in [6.07, 6.45) is 0.0188. The Hall–Kier alpha value is -1.89. The third-order valence-corrected chi connectivity index (χ3v) is 3.55. The molecule has 7 heteroatoms. The number of aliphatic carboxylic acids is 1. The van der Waals surface area contributed by atoms with Gasteiger partial charge in [0, 0.05) is 18.3 Å². The van der Waals surface area contributed by atoms with Gasteiger partial charge in [-0.15, -0.1) is 0 Å². The first-order valence-corrected chi connectivity index (χ1v) is 7.13. The van der Waals surface area contributed by atoms with E-state index in [1.807, 2.05) is 19.1 Å². The Kier molecular flexibility index (Phi) is 7.41. The number of carbonyl (C=O) groups is 3. The van der Waals surface area contributed by atoms with Crippen LogP contribution in [0.25, 0.3) is 0 Å². The van der Waals surface area contributed by atoms with Crippen molar-refractivity contribution in [3.63, 3.8) is 0 Å². The molecule has 0 aliphatic carbocycles. The van der Waals surface area contributed by atoms with Crippen LogP contribution in [0, 0.1) is 6.92 Å². The van der Waals surface area contributed by atoms with Crippen LogP contribution < -0.4 is 5.32 Å². The summed E-state index contributed by atoms with van der Waals surface area (Å²) < 4.78 is 1.66. The van der Waals surface area contributed by atoms with Crippen molar-refractivity contribution in [1.29, 1.82) is 0 Å². The molecule has 0 spiro atoms. The molecule has 0 bridgehead atoms. The van der Waals surface area contributed by atoms with Gasteiger partial charge < -0.3 is 15.0 Å². The Morgan fingerprint density at radius 2 is 1.71 bits per heavy atom. The van der Waals surface area contributed by atoms with E-state index in [0.717, 1.165) is 5.56 Å². The van der Waals surface area contributed by atoms with Gasteiger partial charge >= 0.3 is 35.5 Å². The maximum atomic E-state index is 12.5. The number of nitrogens with one attached hydrogen (secondary N) is 1. The van der Waals surface area contributed by atoms with E-state index in [2.05, 4.69) is 5.32 Å². The van der Waals surface area contributed by atoms with E-state index in [1.165, 1.54) is 0 Å². The van der Waals surface area contributed by atoms with Crippen LogP contribution in [0.15, 0.2) is 36.4 Å². The third-order valence-electron chi connectivity index (χ3n) is 3.55. The summed E-state index contributed by atoms with van der Waals surface area (Å²) >= 11 is 0. The Balaban J connectivity index is 0.00000288. The Morgan fingerprint density at radius 1 is 1.08 bits per heavy atom. The van der Waals surface area contributed by atoms with Gasteiger partial charge in [0.2, 0.25) is 11.7 Å². The average molecular weight is 338 g/mol. The van der Waals surface area contributed by atoms with Crippen molar-refractivity contribution in [3.05, 3.63) is 58.9 Å². The third kappa shape index (κ3) is 5.06. The first kappa shape index (κ1) is 20.2. The van der Waals surface area contributed by atoms with Crippen molar-refractivity contribution in [2.75, 3.05) is 6.54 Å². The molecular formula is C17H19N2NaO4. The van der Waals surface area contributed by atoms with Gasteiger partial charge in [0.15, 0.2) is 0 Å². The molecule has 0 aliphatic rings. The Morgan fingerprint density at radius 3 is 2.29 bits per heavy atom. The predicted molar refractivity (Wildman–Crippen MR) is 91.5 cm³/mol. The number of carboxylic acid groups (broad SMARTS) is 1. The Bertz CT molecular complexity index is 750. The summed E-state index contributed by atoms with van der Waals surface area (Å²) in [4.78, 5) is 34.6. The number of aromatic nitrogens is 1. The standard InChI is InChI=1S/C17H18N2O4.Na.H/c1-11-3-5-12(6-4-11)17(23)14-8-7-13(19(14)2)9-15(20)18-10-16(21)22;;/h3-8H,9-10H2,1-2H3,(H,18,20)(H,21,22);;. The molecule has 6 nitrogen and oxygen atoms in total. The molecule has 1 aromatic heterocycles. The molecule has 2 aromatic rings. The summed E-state index contributed by atoms with van der Waals surface area (Å²) in [5.41, 5.74) is 2.78. The van der Waals surface area contributed by atoms with Gasteiger partial charge in [-0.2, -0.15) is 0 Å². The summed E-state index contributed by atoms with van der Waals surface area (Å²) in [5.74, 6) is -1.62. The number of carbonyl (C=O) groups excluding carboxylic acids is 2. The number of carboxylic acids is 1. The van der Waals surface area contributed by atoms with Crippen molar-refractivity contribution in [1.82, 2.24) is 9.88 Å². The molecule has 2 rings (SSSR count). The number of nitrogens with zero attached hydrogens (tertiary/aromatic N) is 1. The van der Waals surface area contributed by atoms with E-state index in [9.17, 15) is 14.4 Å². The first-order chi connectivity index (χ1) is 10.9. The van der Waals surface area contributed by atoms with Crippen molar-refractivity contribution in [3.8, 4) is 0 Å². The molecule has 0 unspecified atom stereocenters. The second-order valence-corrected chi connectivity index (χ2v) is 5.31. The minimum atomic E-state index is -1.10. The molecular weight excluding hydrogens is 319 g/mol. The topological polar surface area (TPSA) is 88.4 Å². The summed E-state index contributed by atoms with van der Waals surface area (Å²) in [6, 6.07) is 10.6. The zero-order valence-corrected chi connectivity index (χ0v) is 13.0. The SMILES string of the molecule is Cc1ccc(C(=O)c2ccc(CC(=O)NCC(=O)O)n2C)cc1.[NaH]. The summed E-state index contributed by atoms with van der Waals surface area (Å²) in [7, 11) is 1.71. The quantitative estimate of drug-likeness (QED) is 0.598. The van der Waals surface area contributed by atoms with Crippen molar-refractivity contribution < 1.29 is 19.5 Å². The number of hydrogen-bond acceptors (Lipinski definition) is 3. The minimum absolute atomic E-state index is 0. The van der Waals surface area contributed by atoms with Crippen LogP contribution in [0.3, 0.4) is 0 Å². The van der Waals surface area contributed by atoms with Crippen LogP contribution in [0.5, 0.6) is 0 Å². The van der Waals surface area contributed by atoms with E-state index >= 15 is 0 Å². The number of ketones is 1. The van der Waals surface area contributed by atoms with E-state index in [4.69, 9.17) is 5.11 Å². The molecule has 1 heterocycles. The van der Waals surface area contributed by atoms with Gasteiger partial charge in [-0.3, -0.25) is 14.4 Å². The molecule has 1 amide bonds. The molecule has 24 heavy (non-hydrogen) atoms. The maximum absolute atomic E-state index is 12.5. The van der Waals surface area contributed by atoms with E-state index < -0.39 is 18.4 Å². The van der Waals surface area contributed by atoms with E-state index in [-0.39, 0.29) is 41.8 Å². The van der Waals surface area contributed by atoms with Gasteiger partial charge in [0.1, 0.15) is 6.54 Å². The fourth-order valence-corrected chi connectivity index (χ4v) is 2.21. The van der Waals surface area contributed by atoms with Crippen LogP contribution in [0.2, 0.25) is 0 Å². The fourth-order valence-electron chi connectivity index (χ4n) is 2.21. The molecule has 0 fully saturated rings.